The summed E-state index contributed by atoms with van der Waals surface area (Å²) in [5.74, 6) is -0.428. The van der Waals surface area contributed by atoms with Crippen molar-refractivity contribution in [3.63, 3.8) is 0 Å². The van der Waals surface area contributed by atoms with E-state index in [1.165, 1.54) is 12.1 Å². The SMILES string of the molecule is CC(C)n1ccc(SNC(=O)Nc2c(-c3cccnc3)cc(F)cc2-c2cccnc2)n1. The van der Waals surface area contributed by atoms with E-state index in [4.69, 9.17) is 0 Å². The number of halogens is 1. The fraction of sp³-hybridized carbons (Fsp3) is 0.130. The molecule has 2 N–H and O–H groups in total. The summed E-state index contributed by atoms with van der Waals surface area (Å²) in [4.78, 5) is 21.0. The molecule has 3 aromatic heterocycles. The van der Waals surface area contributed by atoms with Gasteiger partial charge in [-0.1, -0.05) is 12.1 Å². The Bertz CT molecular complexity index is 1150. The topological polar surface area (TPSA) is 84.7 Å². The molecular weight excluding hydrogens is 427 g/mol. The Labute approximate surface area is 189 Å². The summed E-state index contributed by atoms with van der Waals surface area (Å²) >= 11 is 1.10. The minimum atomic E-state index is -0.462. The van der Waals surface area contributed by atoms with E-state index in [-0.39, 0.29) is 6.04 Å². The third kappa shape index (κ3) is 4.94. The molecule has 0 atom stereocenters. The molecule has 0 saturated carbocycles. The van der Waals surface area contributed by atoms with Crippen LogP contribution >= 0.6 is 11.9 Å². The van der Waals surface area contributed by atoms with Gasteiger partial charge in [-0.2, -0.15) is 5.10 Å². The number of anilines is 1. The van der Waals surface area contributed by atoms with Crippen LogP contribution in [0.25, 0.3) is 22.3 Å². The minimum Gasteiger partial charge on any atom is -0.306 e. The van der Waals surface area contributed by atoms with E-state index in [9.17, 15) is 9.18 Å². The molecule has 0 saturated heterocycles. The van der Waals surface area contributed by atoms with Crippen LogP contribution in [0.5, 0.6) is 0 Å². The Balaban J connectivity index is 1.65. The van der Waals surface area contributed by atoms with Crippen LogP contribution in [0.4, 0.5) is 14.9 Å². The molecule has 32 heavy (non-hydrogen) atoms. The number of amides is 2. The average molecular weight is 449 g/mol. The second-order valence-electron chi connectivity index (χ2n) is 7.25. The summed E-state index contributed by atoms with van der Waals surface area (Å²) in [6, 6.07) is 11.5. The van der Waals surface area contributed by atoms with Crippen LogP contribution in [0.3, 0.4) is 0 Å². The molecule has 0 aliphatic carbocycles. The van der Waals surface area contributed by atoms with Crippen LogP contribution in [0.15, 0.2) is 78.5 Å². The van der Waals surface area contributed by atoms with E-state index in [1.54, 1.807) is 36.9 Å². The monoisotopic (exact) mass is 448 g/mol. The molecule has 2 amide bonds. The van der Waals surface area contributed by atoms with Gasteiger partial charge in [-0.25, -0.2) is 9.18 Å². The van der Waals surface area contributed by atoms with Crippen LogP contribution < -0.4 is 10.0 Å². The van der Waals surface area contributed by atoms with Crippen molar-refractivity contribution < 1.29 is 9.18 Å². The van der Waals surface area contributed by atoms with Gasteiger partial charge < -0.3 is 5.32 Å². The highest BCUT2D eigenvalue weighted by Gasteiger charge is 2.17. The first-order valence-electron chi connectivity index (χ1n) is 9.94. The normalized spacial score (nSPS) is 10.9. The maximum atomic E-state index is 14.6. The fourth-order valence-electron chi connectivity index (χ4n) is 3.14. The zero-order valence-corrected chi connectivity index (χ0v) is 18.3. The number of aromatic nitrogens is 4. The molecule has 162 valence electrons. The van der Waals surface area contributed by atoms with Crippen molar-refractivity contribution in [1.82, 2.24) is 24.5 Å². The molecule has 1 aromatic carbocycles. The smallest absolute Gasteiger partial charge is 0.306 e. The van der Waals surface area contributed by atoms with E-state index >= 15 is 0 Å². The van der Waals surface area contributed by atoms with E-state index in [0.29, 0.717) is 33.0 Å². The average Bonchev–Trinajstić information content (AvgIpc) is 3.29. The molecule has 0 fully saturated rings. The summed E-state index contributed by atoms with van der Waals surface area (Å²) in [6.45, 7) is 4.05. The lowest BCUT2D eigenvalue weighted by atomic mass is 9.97. The van der Waals surface area contributed by atoms with Crippen molar-refractivity contribution >= 4 is 23.7 Å². The third-order valence-corrected chi connectivity index (χ3v) is 5.36. The first-order chi connectivity index (χ1) is 15.5. The van der Waals surface area contributed by atoms with E-state index < -0.39 is 11.8 Å². The number of carbonyl (C=O) groups excluding carboxylic acids is 1. The highest BCUT2D eigenvalue weighted by molar-refractivity contribution is 7.97. The predicted molar refractivity (Wildman–Crippen MR) is 123 cm³/mol. The van der Waals surface area contributed by atoms with Crippen molar-refractivity contribution in [2.24, 2.45) is 0 Å². The predicted octanol–water partition coefficient (Wildman–Crippen LogP) is 5.56. The summed E-state index contributed by atoms with van der Waals surface area (Å²) in [7, 11) is 0. The maximum absolute atomic E-state index is 14.6. The Morgan fingerprint density at radius 1 is 1.03 bits per heavy atom. The Kier molecular flexibility index (Phi) is 6.46. The number of hydrogen-bond acceptors (Lipinski definition) is 5. The number of hydrogen-bond donors (Lipinski definition) is 2. The zero-order chi connectivity index (χ0) is 22.5. The number of carbonyl (C=O) groups is 1. The number of urea groups is 1. The molecule has 0 spiro atoms. The van der Waals surface area contributed by atoms with E-state index in [0.717, 1.165) is 11.9 Å². The fourth-order valence-corrected chi connectivity index (χ4v) is 3.65. The quantitative estimate of drug-likeness (QED) is 0.378. The summed E-state index contributed by atoms with van der Waals surface area (Å²) in [5, 5.41) is 7.94. The van der Waals surface area contributed by atoms with Crippen molar-refractivity contribution in [3.8, 4) is 22.3 Å². The summed E-state index contributed by atoms with van der Waals surface area (Å²) in [6.07, 6.45) is 8.37. The van der Waals surface area contributed by atoms with Gasteiger partial charge >= 0.3 is 6.03 Å². The minimum absolute atomic E-state index is 0.224. The van der Waals surface area contributed by atoms with Crippen LogP contribution in [-0.2, 0) is 0 Å². The molecule has 3 heterocycles. The second-order valence-corrected chi connectivity index (χ2v) is 8.07. The van der Waals surface area contributed by atoms with Gasteiger partial charge in [-0.15, -0.1) is 0 Å². The van der Waals surface area contributed by atoms with Crippen molar-refractivity contribution in [3.05, 3.63) is 79.3 Å². The molecule has 0 aliphatic heterocycles. The molecule has 7 nitrogen and oxygen atoms in total. The van der Waals surface area contributed by atoms with Gasteiger partial charge in [-0.05, 0) is 44.2 Å². The highest BCUT2D eigenvalue weighted by Crippen LogP contribution is 2.37. The highest BCUT2D eigenvalue weighted by atomic mass is 32.2. The van der Waals surface area contributed by atoms with Gasteiger partial charge in [-0.3, -0.25) is 19.4 Å². The number of nitrogens with one attached hydrogen (secondary N) is 2. The van der Waals surface area contributed by atoms with Crippen molar-refractivity contribution in [2.75, 3.05) is 5.32 Å². The van der Waals surface area contributed by atoms with Crippen LogP contribution in [0.1, 0.15) is 19.9 Å². The van der Waals surface area contributed by atoms with Gasteiger partial charge in [0.2, 0.25) is 0 Å². The van der Waals surface area contributed by atoms with Crippen LogP contribution in [-0.4, -0.2) is 25.8 Å². The van der Waals surface area contributed by atoms with Crippen LogP contribution in [0.2, 0.25) is 0 Å². The number of nitrogens with zero attached hydrogens (tertiary/aromatic N) is 4. The molecule has 4 aromatic rings. The first-order valence-corrected chi connectivity index (χ1v) is 10.8. The molecule has 0 radical (unpaired) electrons. The lowest BCUT2D eigenvalue weighted by Gasteiger charge is -2.17. The Morgan fingerprint density at radius 3 is 2.16 bits per heavy atom. The standard InChI is InChI=1S/C23H21FN6OS/c1-15(2)30-10-7-21(28-30)32-29-23(31)27-22-19(16-5-3-8-25-13-16)11-18(24)12-20(22)17-6-4-9-26-14-17/h3-15H,1-2H3,(H2,27,29,31). The molecule has 4 rings (SSSR count). The molecule has 9 heteroatoms. The third-order valence-electron chi connectivity index (χ3n) is 4.65. The molecule has 0 aliphatic rings. The van der Waals surface area contributed by atoms with Gasteiger partial charge in [0, 0.05) is 71.2 Å². The van der Waals surface area contributed by atoms with E-state index in [1.807, 2.05) is 42.9 Å². The number of pyridine rings is 2. The summed E-state index contributed by atoms with van der Waals surface area (Å²) in [5.41, 5.74) is 2.84. The lowest BCUT2D eigenvalue weighted by Crippen LogP contribution is -2.23. The van der Waals surface area contributed by atoms with Crippen LogP contribution in [0, 0.1) is 5.82 Å². The molecule has 0 unspecified atom stereocenters. The van der Waals surface area contributed by atoms with Crippen molar-refractivity contribution in [1.29, 1.82) is 0 Å². The van der Waals surface area contributed by atoms with Gasteiger partial charge in [0.25, 0.3) is 0 Å². The second kappa shape index (κ2) is 9.61. The molecule has 0 bridgehead atoms. The largest absolute Gasteiger partial charge is 0.329 e. The molecular formula is C23H21FN6OS. The maximum Gasteiger partial charge on any atom is 0.329 e. The first kappa shape index (κ1) is 21.5. The summed E-state index contributed by atoms with van der Waals surface area (Å²) < 4.78 is 19.1. The Morgan fingerprint density at radius 2 is 1.66 bits per heavy atom. The lowest BCUT2D eigenvalue weighted by molar-refractivity contribution is 0.257. The Hall–Kier alpha value is -3.72. The van der Waals surface area contributed by atoms with Crippen molar-refractivity contribution in [2.45, 2.75) is 24.9 Å². The number of rotatable bonds is 6. The number of benzene rings is 1. The van der Waals surface area contributed by atoms with Gasteiger partial charge in [0.15, 0.2) is 0 Å². The zero-order valence-electron chi connectivity index (χ0n) is 17.5. The van der Waals surface area contributed by atoms with E-state index in [2.05, 4.69) is 25.1 Å². The van der Waals surface area contributed by atoms with Gasteiger partial charge in [0.05, 0.1) is 5.69 Å². The van der Waals surface area contributed by atoms with Gasteiger partial charge in [0.1, 0.15) is 10.8 Å².